The molecule has 0 aromatic heterocycles. The van der Waals surface area contributed by atoms with E-state index >= 15 is 0 Å². The van der Waals surface area contributed by atoms with Crippen LogP contribution in [0.15, 0.2) is 36.4 Å². The zero-order chi connectivity index (χ0) is 20.9. The first-order chi connectivity index (χ1) is 13.2. The van der Waals surface area contributed by atoms with Crippen molar-refractivity contribution in [1.82, 2.24) is 5.32 Å². The summed E-state index contributed by atoms with van der Waals surface area (Å²) in [5, 5.41) is 2.89. The van der Waals surface area contributed by atoms with E-state index < -0.39 is 10.0 Å². The predicted molar refractivity (Wildman–Crippen MR) is 115 cm³/mol. The number of carbonyl (C=O) groups is 1. The van der Waals surface area contributed by atoms with Crippen LogP contribution in [0.5, 0.6) is 0 Å². The van der Waals surface area contributed by atoms with Gasteiger partial charge < -0.3 is 5.32 Å². The molecule has 0 atom stereocenters. The number of aryl methyl sites for hydroxylation is 4. The van der Waals surface area contributed by atoms with Gasteiger partial charge in [0.25, 0.3) is 0 Å². The maximum absolute atomic E-state index is 12.6. The molecule has 0 saturated heterocycles. The summed E-state index contributed by atoms with van der Waals surface area (Å²) < 4.78 is 25.8. The minimum absolute atomic E-state index is 0.238. The Morgan fingerprint density at radius 3 is 2.32 bits per heavy atom. The van der Waals surface area contributed by atoms with Crippen LogP contribution >= 0.6 is 0 Å². The molecule has 0 heterocycles. The zero-order valence-electron chi connectivity index (χ0n) is 17.4. The molecule has 0 aliphatic carbocycles. The van der Waals surface area contributed by atoms with Gasteiger partial charge in [-0.1, -0.05) is 44.2 Å². The third-order valence-corrected chi connectivity index (χ3v) is 5.98. The standard InChI is InChI=1S/C22H30N2O3S/c1-6-18-10-11-19(7-2)20(13-18)14-23-22(25)15-24(28(5,26)27)21-12-16(3)8-9-17(21)4/h8-13H,6-7,14-15H2,1-5H3,(H,23,25). The van der Waals surface area contributed by atoms with Crippen molar-refractivity contribution in [2.75, 3.05) is 17.1 Å². The van der Waals surface area contributed by atoms with Crippen LogP contribution in [0.25, 0.3) is 0 Å². The Hall–Kier alpha value is -2.34. The van der Waals surface area contributed by atoms with E-state index in [1.54, 1.807) is 6.07 Å². The van der Waals surface area contributed by atoms with Crippen LogP contribution in [0.1, 0.15) is 41.7 Å². The van der Waals surface area contributed by atoms with Crippen molar-refractivity contribution in [3.8, 4) is 0 Å². The Kier molecular flexibility index (Phi) is 7.24. The number of hydrogen-bond acceptors (Lipinski definition) is 3. The first-order valence-corrected chi connectivity index (χ1v) is 11.4. The average Bonchev–Trinajstić information content (AvgIpc) is 2.65. The van der Waals surface area contributed by atoms with Gasteiger partial charge in [-0.3, -0.25) is 9.10 Å². The number of nitrogens with one attached hydrogen (secondary N) is 1. The lowest BCUT2D eigenvalue weighted by Crippen LogP contribution is -2.40. The number of sulfonamides is 1. The Bertz CT molecular complexity index is 952. The van der Waals surface area contributed by atoms with Crippen LogP contribution in [0.3, 0.4) is 0 Å². The van der Waals surface area contributed by atoms with E-state index in [1.807, 2.05) is 26.0 Å². The fourth-order valence-electron chi connectivity index (χ4n) is 3.16. The van der Waals surface area contributed by atoms with Crippen LogP contribution in [-0.4, -0.2) is 27.1 Å². The fraction of sp³-hybridized carbons (Fsp3) is 0.409. The van der Waals surface area contributed by atoms with Gasteiger partial charge in [0, 0.05) is 6.54 Å². The van der Waals surface area contributed by atoms with E-state index in [0.717, 1.165) is 35.8 Å². The van der Waals surface area contributed by atoms with E-state index in [1.165, 1.54) is 15.4 Å². The number of hydrogen-bond donors (Lipinski definition) is 1. The van der Waals surface area contributed by atoms with E-state index in [9.17, 15) is 13.2 Å². The van der Waals surface area contributed by atoms with E-state index in [-0.39, 0.29) is 12.5 Å². The third-order valence-electron chi connectivity index (χ3n) is 4.86. The molecule has 0 bridgehead atoms. The highest BCUT2D eigenvalue weighted by Gasteiger charge is 2.22. The lowest BCUT2D eigenvalue weighted by molar-refractivity contribution is -0.119. The normalized spacial score (nSPS) is 11.3. The summed E-state index contributed by atoms with van der Waals surface area (Å²) in [5.74, 6) is -0.324. The quantitative estimate of drug-likeness (QED) is 0.735. The highest BCUT2D eigenvalue weighted by atomic mass is 32.2. The topological polar surface area (TPSA) is 66.5 Å². The molecule has 2 aromatic rings. The van der Waals surface area contributed by atoms with Crippen molar-refractivity contribution >= 4 is 21.6 Å². The lowest BCUT2D eigenvalue weighted by Gasteiger charge is -2.24. The van der Waals surface area contributed by atoms with Crippen LogP contribution in [0, 0.1) is 13.8 Å². The fourth-order valence-corrected chi connectivity index (χ4v) is 4.06. The second-order valence-electron chi connectivity index (χ2n) is 7.15. The Morgan fingerprint density at radius 2 is 1.71 bits per heavy atom. The van der Waals surface area contributed by atoms with Gasteiger partial charge in [-0.25, -0.2) is 8.42 Å². The Balaban J connectivity index is 2.18. The molecule has 0 fully saturated rings. The summed E-state index contributed by atoms with van der Waals surface area (Å²) in [6.07, 6.45) is 2.94. The van der Waals surface area contributed by atoms with Crippen molar-refractivity contribution in [1.29, 1.82) is 0 Å². The average molecular weight is 403 g/mol. The summed E-state index contributed by atoms with van der Waals surface area (Å²) in [6, 6.07) is 11.9. The van der Waals surface area contributed by atoms with Gasteiger partial charge in [-0.05, 0) is 60.6 Å². The third kappa shape index (κ3) is 5.58. The molecule has 1 N–H and O–H groups in total. The molecule has 2 rings (SSSR count). The SMILES string of the molecule is CCc1ccc(CC)c(CNC(=O)CN(c2cc(C)ccc2C)S(C)(=O)=O)c1. The second-order valence-corrected chi connectivity index (χ2v) is 9.05. The predicted octanol–water partition coefficient (Wildman–Crippen LogP) is 3.51. The van der Waals surface area contributed by atoms with Crippen LogP contribution in [0.2, 0.25) is 0 Å². The summed E-state index contributed by atoms with van der Waals surface area (Å²) in [4.78, 5) is 12.6. The molecule has 0 saturated carbocycles. The van der Waals surface area contributed by atoms with Crippen molar-refractivity contribution in [3.05, 3.63) is 64.2 Å². The molecule has 0 radical (unpaired) electrons. The van der Waals surface area contributed by atoms with Gasteiger partial charge >= 0.3 is 0 Å². The number of benzene rings is 2. The first kappa shape index (κ1) is 22.0. The van der Waals surface area contributed by atoms with E-state index in [0.29, 0.717) is 12.2 Å². The molecule has 6 heteroatoms. The lowest BCUT2D eigenvalue weighted by atomic mass is 10.0. The van der Waals surface area contributed by atoms with E-state index in [4.69, 9.17) is 0 Å². The van der Waals surface area contributed by atoms with Gasteiger partial charge in [0.05, 0.1) is 11.9 Å². The largest absolute Gasteiger partial charge is 0.350 e. The molecular formula is C22H30N2O3S. The Labute approximate surface area is 168 Å². The van der Waals surface area contributed by atoms with Crippen LogP contribution in [0.4, 0.5) is 5.69 Å². The summed E-state index contributed by atoms with van der Waals surface area (Å²) in [5.41, 5.74) is 5.78. The second kappa shape index (κ2) is 9.24. The molecule has 0 unspecified atom stereocenters. The number of amides is 1. The van der Waals surface area contributed by atoms with Gasteiger partial charge in [0.15, 0.2) is 0 Å². The number of nitrogens with zero attached hydrogens (tertiary/aromatic N) is 1. The van der Waals surface area contributed by atoms with E-state index in [2.05, 4.69) is 37.4 Å². The monoisotopic (exact) mass is 402 g/mol. The highest BCUT2D eigenvalue weighted by molar-refractivity contribution is 7.92. The minimum atomic E-state index is -3.59. The molecule has 28 heavy (non-hydrogen) atoms. The van der Waals surface area contributed by atoms with Gasteiger partial charge in [-0.2, -0.15) is 0 Å². The van der Waals surface area contributed by atoms with Crippen molar-refractivity contribution in [3.63, 3.8) is 0 Å². The molecule has 1 amide bonds. The smallest absolute Gasteiger partial charge is 0.241 e. The minimum Gasteiger partial charge on any atom is -0.350 e. The van der Waals surface area contributed by atoms with Gasteiger partial charge in [0.2, 0.25) is 15.9 Å². The van der Waals surface area contributed by atoms with Crippen LogP contribution in [-0.2, 0) is 34.2 Å². The molecule has 0 spiro atoms. The zero-order valence-corrected chi connectivity index (χ0v) is 18.2. The maximum Gasteiger partial charge on any atom is 0.241 e. The highest BCUT2D eigenvalue weighted by Crippen LogP contribution is 2.23. The number of rotatable bonds is 8. The van der Waals surface area contributed by atoms with Crippen molar-refractivity contribution < 1.29 is 13.2 Å². The summed E-state index contributed by atoms with van der Waals surface area (Å²) >= 11 is 0. The summed E-state index contributed by atoms with van der Waals surface area (Å²) in [7, 11) is -3.59. The van der Waals surface area contributed by atoms with Crippen molar-refractivity contribution in [2.45, 2.75) is 47.1 Å². The number of carbonyl (C=O) groups excluding carboxylic acids is 1. The first-order valence-electron chi connectivity index (χ1n) is 9.58. The Morgan fingerprint density at radius 1 is 1.00 bits per heavy atom. The molecular weight excluding hydrogens is 372 g/mol. The maximum atomic E-state index is 12.6. The molecule has 0 aliphatic rings. The molecule has 2 aromatic carbocycles. The van der Waals surface area contributed by atoms with Gasteiger partial charge in [-0.15, -0.1) is 0 Å². The number of anilines is 1. The summed E-state index contributed by atoms with van der Waals surface area (Å²) in [6.45, 7) is 8.07. The van der Waals surface area contributed by atoms with Crippen molar-refractivity contribution in [2.24, 2.45) is 0 Å². The van der Waals surface area contributed by atoms with Crippen LogP contribution < -0.4 is 9.62 Å². The molecule has 0 aliphatic heterocycles. The van der Waals surface area contributed by atoms with Gasteiger partial charge in [0.1, 0.15) is 6.54 Å². The molecule has 5 nitrogen and oxygen atoms in total. The molecule has 152 valence electrons.